The number of carbonyl (C=O) groups is 1. The van der Waals surface area contributed by atoms with Gasteiger partial charge in [-0.1, -0.05) is 6.07 Å². The van der Waals surface area contributed by atoms with Crippen LogP contribution in [0.25, 0.3) is 0 Å². The minimum atomic E-state index is -0.573. The number of benzene rings is 1. The number of aromatic nitrogens is 2. The Morgan fingerprint density at radius 2 is 2.10 bits per heavy atom. The molecule has 3 heterocycles. The van der Waals surface area contributed by atoms with Crippen LogP contribution in [0.5, 0.6) is 11.5 Å². The lowest BCUT2D eigenvalue weighted by molar-refractivity contribution is -0.138. The van der Waals surface area contributed by atoms with Crippen LogP contribution in [0.15, 0.2) is 30.5 Å². The summed E-state index contributed by atoms with van der Waals surface area (Å²) in [5.41, 5.74) is 2.10. The van der Waals surface area contributed by atoms with Crippen molar-refractivity contribution in [3.63, 3.8) is 0 Å². The zero-order chi connectivity index (χ0) is 20.4. The molecule has 1 aromatic heterocycles. The number of methoxy groups -OCH3 is 1. The van der Waals surface area contributed by atoms with Crippen LogP contribution in [-0.2, 0) is 17.8 Å². The molecule has 2 aromatic rings. The topological polar surface area (TPSA) is 67.8 Å². The number of carbonyl (C=O) groups excluding carboxylic acids is 1. The normalized spacial score (nSPS) is 20.2. The Hall–Kier alpha value is -2.67. The van der Waals surface area contributed by atoms with Gasteiger partial charge in [0, 0.05) is 37.3 Å². The lowest BCUT2D eigenvalue weighted by Crippen LogP contribution is -2.43. The van der Waals surface area contributed by atoms with Crippen LogP contribution in [0.4, 0.5) is 0 Å². The number of hydrogen-bond acceptors (Lipinski definition) is 6. The standard InChI is InChI=1S/C22H28N4O3/c1-15(29-18-7-4-6-17(12-18)28-3)22(27)26-11-9-19-16(14-26)13-23-21(24-19)20-8-5-10-25(20)2/h4,6-7,12-13,15,20H,5,8-11,14H2,1-3H3/t15-,20-/m1/s1. The van der Waals surface area contributed by atoms with Crippen LogP contribution >= 0.6 is 0 Å². The van der Waals surface area contributed by atoms with Crippen molar-refractivity contribution >= 4 is 5.91 Å². The van der Waals surface area contributed by atoms with E-state index in [1.807, 2.05) is 29.3 Å². The van der Waals surface area contributed by atoms with Crippen molar-refractivity contribution in [3.05, 3.63) is 47.5 Å². The molecule has 4 rings (SSSR count). The maximum Gasteiger partial charge on any atom is 0.263 e. The number of rotatable bonds is 5. The van der Waals surface area contributed by atoms with E-state index in [2.05, 4.69) is 16.9 Å². The summed E-state index contributed by atoms with van der Waals surface area (Å²) in [7, 11) is 3.74. The van der Waals surface area contributed by atoms with Crippen molar-refractivity contribution in [1.29, 1.82) is 0 Å². The molecule has 0 spiro atoms. The Balaban J connectivity index is 1.41. The second-order valence-corrected chi connectivity index (χ2v) is 7.79. The fourth-order valence-corrected chi connectivity index (χ4v) is 4.10. The van der Waals surface area contributed by atoms with Gasteiger partial charge in [-0.3, -0.25) is 9.69 Å². The van der Waals surface area contributed by atoms with Gasteiger partial charge in [0.05, 0.1) is 18.8 Å². The van der Waals surface area contributed by atoms with Crippen molar-refractivity contribution in [3.8, 4) is 11.5 Å². The Bertz CT molecular complexity index is 888. The molecular weight excluding hydrogens is 368 g/mol. The number of fused-ring (bicyclic) bond motifs is 1. The third-order valence-electron chi connectivity index (χ3n) is 5.78. The number of hydrogen-bond donors (Lipinski definition) is 0. The van der Waals surface area contributed by atoms with Crippen molar-refractivity contribution in [2.45, 2.75) is 44.9 Å². The van der Waals surface area contributed by atoms with Crippen LogP contribution in [0.2, 0.25) is 0 Å². The summed E-state index contributed by atoms with van der Waals surface area (Å²) in [6, 6.07) is 7.62. The van der Waals surface area contributed by atoms with Crippen LogP contribution < -0.4 is 9.47 Å². The van der Waals surface area contributed by atoms with Gasteiger partial charge < -0.3 is 14.4 Å². The molecule has 1 fully saturated rings. The first-order chi connectivity index (χ1) is 14.0. The van der Waals surface area contributed by atoms with Gasteiger partial charge in [0.1, 0.15) is 17.3 Å². The molecule has 29 heavy (non-hydrogen) atoms. The van der Waals surface area contributed by atoms with Gasteiger partial charge in [0.15, 0.2) is 6.10 Å². The van der Waals surface area contributed by atoms with Crippen LogP contribution in [0.1, 0.15) is 42.9 Å². The second-order valence-electron chi connectivity index (χ2n) is 7.79. The Labute approximate surface area is 171 Å². The number of nitrogens with zero attached hydrogens (tertiary/aromatic N) is 4. The molecule has 1 aromatic carbocycles. The first-order valence-electron chi connectivity index (χ1n) is 10.2. The minimum absolute atomic E-state index is 0.0296. The fourth-order valence-electron chi connectivity index (χ4n) is 4.10. The van der Waals surface area contributed by atoms with Gasteiger partial charge in [-0.15, -0.1) is 0 Å². The van der Waals surface area contributed by atoms with E-state index in [1.165, 1.54) is 6.42 Å². The van der Waals surface area contributed by atoms with E-state index in [1.54, 1.807) is 20.1 Å². The predicted octanol–water partition coefficient (Wildman–Crippen LogP) is 2.60. The lowest BCUT2D eigenvalue weighted by atomic mass is 10.1. The fraction of sp³-hybridized carbons (Fsp3) is 0.500. The summed E-state index contributed by atoms with van der Waals surface area (Å²) in [5, 5.41) is 0. The van der Waals surface area contributed by atoms with Crippen molar-refractivity contribution < 1.29 is 14.3 Å². The average Bonchev–Trinajstić information content (AvgIpc) is 3.18. The molecular formula is C22H28N4O3. The molecule has 2 atom stereocenters. The summed E-state index contributed by atoms with van der Waals surface area (Å²) in [5.74, 6) is 2.21. The highest BCUT2D eigenvalue weighted by atomic mass is 16.5. The number of amides is 1. The Kier molecular flexibility index (Phi) is 5.67. The molecule has 0 radical (unpaired) electrons. The van der Waals surface area contributed by atoms with Crippen LogP contribution in [0, 0.1) is 0 Å². The van der Waals surface area contributed by atoms with Crippen LogP contribution in [0.3, 0.4) is 0 Å². The quantitative estimate of drug-likeness (QED) is 0.774. The van der Waals surface area contributed by atoms with Gasteiger partial charge in [-0.25, -0.2) is 9.97 Å². The van der Waals surface area contributed by atoms with Crippen molar-refractivity contribution in [2.24, 2.45) is 0 Å². The third kappa shape index (κ3) is 4.19. The summed E-state index contributed by atoms with van der Waals surface area (Å²) >= 11 is 0. The van der Waals surface area contributed by atoms with Gasteiger partial charge in [0.25, 0.3) is 5.91 Å². The smallest absolute Gasteiger partial charge is 0.263 e. The number of likely N-dealkylation sites (tertiary alicyclic amines) is 1. The summed E-state index contributed by atoms with van der Waals surface area (Å²) in [6.07, 6.45) is 4.38. The Morgan fingerprint density at radius 1 is 1.28 bits per heavy atom. The molecule has 0 bridgehead atoms. The van der Waals surface area contributed by atoms with E-state index in [-0.39, 0.29) is 5.91 Å². The monoisotopic (exact) mass is 396 g/mol. The van der Waals surface area contributed by atoms with Gasteiger partial charge >= 0.3 is 0 Å². The van der Waals surface area contributed by atoms with Gasteiger partial charge in [-0.2, -0.15) is 0 Å². The molecule has 7 heteroatoms. The van der Waals surface area contributed by atoms with E-state index in [0.29, 0.717) is 30.6 Å². The van der Waals surface area contributed by atoms with Crippen molar-refractivity contribution in [2.75, 3.05) is 27.2 Å². The summed E-state index contributed by atoms with van der Waals surface area (Å²) in [4.78, 5) is 26.5. The maximum absolute atomic E-state index is 12.9. The molecule has 154 valence electrons. The second kappa shape index (κ2) is 8.37. The molecule has 0 unspecified atom stereocenters. The zero-order valence-corrected chi connectivity index (χ0v) is 17.3. The number of ether oxygens (including phenoxy) is 2. The maximum atomic E-state index is 12.9. The predicted molar refractivity (Wildman–Crippen MR) is 109 cm³/mol. The Morgan fingerprint density at radius 3 is 2.86 bits per heavy atom. The van der Waals surface area contributed by atoms with Gasteiger partial charge in [0.2, 0.25) is 0 Å². The summed E-state index contributed by atoms with van der Waals surface area (Å²) in [6.45, 7) is 4.06. The van der Waals surface area contributed by atoms with Crippen molar-refractivity contribution in [1.82, 2.24) is 19.8 Å². The summed E-state index contributed by atoms with van der Waals surface area (Å²) < 4.78 is 11.1. The van der Waals surface area contributed by atoms with Crippen LogP contribution in [-0.4, -0.2) is 59.0 Å². The lowest BCUT2D eigenvalue weighted by Gasteiger charge is -2.31. The highest BCUT2D eigenvalue weighted by molar-refractivity contribution is 5.81. The third-order valence-corrected chi connectivity index (χ3v) is 5.78. The SMILES string of the molecule is COc1cccc(O[C@H](C)C(=O)N2CCc3nc([C@H]4CCCN4C)ncc3C2)c1. The van der Waals surface area contributed by atoms with E-state index >= 15 is 0 Å². The molecule has 2 aliphatic rings. The molecule has 1 saturated heterocycles. The minimum Gasteiger partial charge on any atom is -0.497 e. The zero-order valence-electron chi connectivity index (χ0n) is 17.3. The molecule has 0 N–H and O–H groups in total. The first kappa shape index (κ1) is 19.6. The molecule has 7 nitrogen and oxygen atoms in total. The highest BCUT2D eigenvalue weighted by Crippen LogP contribution is 2.29. The highest BCUT2D eigenvalue weighted by Gasteiger charge is 2.29. The molecule has 2 aliphatic heterocycles. The molecule has 1 amide bonds. The van der Waals surface area contributed by atoms with E-state index in [4.69, 9.17) is 14.5 Å². The first-order valence-corrected chi connectivity index (χ1v) is 10.2. The molecule has 0 saturated carbocycles. The largest absolute Gasteiger partial charge is 0.497 e. The van der Waals surface area contributed by atoms with Gasteiger partial charge in [-0.05, 0) is 45.5 Å². The average molecular weight is 396 g/mol. The van der Waals surface area contributed by atoms with E-state index in [9.17, 15) is 4.79 Å². The van der Waals surface area contributed by atoms with E-state index in [0.717, 1.165) is 36.5 Å². The van der Waals surface area contributed by atoms with E-state index < -0.39 is 6.10 Å². The molecule has 0 aliphatic carbocycles.